The first kappa shape index (κ1) is 38.9. The topological polar surface area (TPSA) is 103 Å². The fraction of sp³-hybridized carbons (Fsp3) is 0.526. The van der Waals surface area contributed by atoms with Gasteiger partial charge >= 0.3 is 6.09 Å². The Morgan fingerprint density at radius 1 is 0.941 bits per heavy atom. The van der Waals surface area contributed by atoms with Crippen LogP contribution in [0.1, 0.15) is 74.8 Å². The van der Waals surface area contributed by atoms with Gasteiger partial charge in [0.1, 0.15) is 18.8 Å². The molecular formula is C38H47Cl3N4O6. The molecule has 0 radical (unpaired) electrons. The summed E-state index contributed by atoms with van der Waals surface area (Å²) in [6.45, 7) is 9.56. The van der Waals surface area contributed by atoms with E-state index < -0.39 is 17.6 Å². The van der Waals surface area contributed by atoms with Crippen molar-refractivity contribution in [1.29, 1.82) is 0 Å². The van der Waals surface area contributed by atoms with Crippen molar-refractivity contribution in [2.75, 3.05) is 40.0 Å². The van der Waals surface area contributed by atoms with Gasteiger partial charge in [0.15, 0.2) is 5.75 Å². The number of rotatable bonds is 14. The van der Waals surface area contributed by atoms with E-state index in [1.54, 1.807) is 42.6 Å². The second kappa shape index (κ2) is 17.5. The van der Waals surface area contributed by atoms with E-state index in [9.17, 15) is 9.59 Å². The van der Waals surface area contributed by atoms with E-state index in [1.165, 1.54) is 0 Å². The van der Waals surface area contributed by atoms with Crippen molar-refractivity contribution >= 4 is 46.8 Å². The number of ether oxygens (including phenoxy) is 4. The first-order valence-electron chi connectivity index (χ1n) is 17.4. The van der Waals surface area contributed by atoms with Crippen LogP contribution in [0.4, 0.5) is 4.79 Å². The number of carbonyl (C=O) groups is 2. The maximum atomic E-state index is 14.6. The molecule has 5 rings (SSSR count). The molecule has 2 fully saturated rings. The lowest BCUT2D eigenvalue weighted by molar-refractivity contribution is -0.139. The van der Waals surface area contributed by atoms with Crippen molar-refractivity contribution < 1.29 is 28.5 Å². The molecule has 0 bridgehead atoms. The quantitative estimate of drug-likeness (QED) is 0.151. The second-order valence-corrected chi connectivity index (χ2v) is 15.4. The average molecular weight is 762 g/mol. The van der Waals surface area contributed by atoms with Gasteiger partial charge in [-0.1, -0.05) is 40.9 Å². The number of hydrogen-bond donors (Lipinski definition) is 0. The summed E-state index contributed by atoms with van der Waals surface area (Å²) in [5.74, 6) is 0.129. The van der Waals surface area contributed by atoms with Crippen LogP contribution >= 0.6 is 34.8 Å². The highest BCUT2D eigenvalue weighted by molar-refractivity contribution is 6.37. The normalized spacial score (nSPS) is 17.6. The van der Waals surface area contributed by atoms with Gasteiger partial charge in [0.25, 0.3) is 0 Å². The van der Waals surface area contributed by atoms with Crippen molar-refractivity contribution in [2.24, 2.45) is 5.92 Å². The summed E-state index contributed by atoms with van der Waals surface area (Å²) < 4.78 is 22.5. The lowest BCUT2D eigenvalue weighted by Crippen LogP contribution is -2.51. The number of piperidine rings is 1. The highest BCUT2D eigenvalue weighted by Crippen LogP contribution is 2.39. The summed E-state index contributed by atoms with van der Waals surface area (Å²) in [4.78, 5) is 40.5. The predicted molar refractivity (Wildman–Crippen MR) is 198 cm³/mol. The van der Waals surface area contributed by atoms with E-state index in [0.29, 0.717) is 52.8 Å². The van der Waals surface area contributed by atoms with E-state index in [2.05, 4.69) is 9.97 Å². The molecule has 0 N–H and O–H groups in total. The van der Waals surface area contributed by atoms with Gasteiger partial charge in [-0.25, -0.2) is 9.78 Å². The Morgan fingerprint density at radius 2 is 1.67 bits per heavy atom. The highest BCUT2D eigenvalue weighted by atomic mass is 35.5. The van der Waals surface area contributed by atoms with Crippen LogP contribution in [0.5, 0.6) is 11.6 Å². The van der Waals surface area contributed by atoms with Gasteiger partial charge in [-0.05, 0) is 94.7 Å². The Hall–Kier alpha value is -3.31. The van der Waals surface area contributed by atoms with Crippen molar-refractivity contribution in [1.82, 2.24) is 19.8 Å². The third kappa shape index (κ3) is 10.9. The van der Waals surface area contributed by atoms with E-state index >= 15 is 0 Å². The minimum atomic E-state index is -0.657. The summed E-state index contributed by atoms with van der Waals surface area (Å²) >= 11 is 19.2. The largest absolute Gasteiger partial charge is 0.487 e. The summed E-state index contributed by atoms with van der Waals surface area (Å²) in [5, 5.41) is 1.40. The standard InChI is InChI=1S/C38H47Cl3N4O6/c1-24-17-31(39)35(32(40)18-24)50-16-15-49-34-11-8-25(20-43-34)29-12-13-44(37(47)51-38(2,3)4)23-30(29)36(46)45(28-9-10-28)22-26-19-27(7-6-14-48-5)42-21-33(26)41/h8,11,17-21,28-30H,6-7,9-10,12-16,22-23H2,1-5H3. The van der Waals surface area contributed by atoms with Gasteiger partial charge in [0.05, 0.1) is 21.0 Å². The molecule has 1 aliphatic heterocycles. The Balaban J connectivity index is 1.31. The summed E-state index contributed by atoms with van der Waals surface area (Å²) in [7, 11) is 1.68. The van der Waals surface area contributed by atoms with Crippen LogP contribution in [0.25, 0.3) is 0 Å². The number of nitrogens with zero attached hydrogens (tertiary/aromatic N) is 4. The first-order chi connectivity index (χ1) is 24.3. The summed E-state index contributed by atoms with van der Waals surface area (Å²) in [6, 6.07) is 9.42. The predicted octanol–water partition coefficient (Wildman–Crippen LogP) is 8.31. The Bertz CT molecular complexity index is 1640. The molecule has 13 heteroatoms. The number of aromatic nitrogens is 2. The van der Waals surface area contributed by atoms with E-state index in [4.69, 9.17) is 53.8 Å². The molecular weight excluding hydrogens is 715 g/mol. The lowest BCUT2D eigenvalue weighted by atomic mass is 9.80. The number of methoxy groups -OCH3 is 1. The van der Waals surface area contributed by atoms with Crippen LogP contribution in [0.2, 0.25) is 15.1 Å². The maximum Gasteiger partial charge on any atom is 0.410 e. The van der Waals surface area contributed by atoms with Gasteiger partial charge < -0.3 is 28.7 Å². The molecule has 1 aromatic carbocycles. The zero-order valence-electron chi connectivity index (χ0n) is 29.9. The molecule has 2 aliphatic rings. The number of carbonyl (C=O) groups excluding carboxylic acids is 2. The number of hydrogen-bond acceptors (Lipinski definition) is 8. The fourth-order valence-electron chi connectivity index (χ4n) is 6.26. The molecule has 51 heavy (non-hydrogen) atoms. The number of aryl methyl sites for hydroxylation is 2. The van der Waals surface area contributed by atoms with E-state index in [0.717, 1.165) is 48.1 Å². The van der Waals surface area contributed by atoms with Crippen LogP contribution in [-0.4, -0.2) is 83.4 Å². The molecule has 2 atom stereocenters. The fourth-order valence-corrected chi connectivity index (χ4v) is 7.13. The van der Waals surface area contributed by atoms with Crippen molar-refractivity contribution in [3.05, 3.63) is 80.2 Å². The number of benzene rings is 1. The summed E-state index contributed by atoms with van der Waals surface area (Å²) in [5.41, 5.74) is 2.95. The van der Waals surface area contributed by atoms with Gasteiger partial charge in [-0.15, -0.1) is 0 Å². The zero-order valence-corrected chi connectivity index (χ0v) is 32.2. The first-order valence-corrected chi connectivity index (χ1v) is 18.5. The molecule has 2 amide bonds. The van der Waals surface area contributed by atoms with Crippen molar-refractivity contribution in [3.63, 3.8) is 0 Å². The molecule has 1 aliphatic carbocycles. The molecule has 1 saturated carbocycles. The molecule has 10 nitrogen and oxygen atoms in total. The van der Waals surface area contributed by atoms with Gasteiger partial charge in [0, 0.05) is 69.5 Å². The van der Waals surface area contributed by atoms with Gasteiger partial charge in [0.2, 0.25) is 11.8 Å². The smallest absolute Gasteiger partial charge is 0.410 e. The molecule has 3 heterocycles. The monoisotopic (exact) mass is 760 g/mol. The average Bonchev–Trinajstić information content (AvgIpc) is 3.92. The summed E-state index contributed by atoms with van der Waals surface area (Å²) in [6.07, 6.45) is 6.99. The van der Waals surface area contributed by atoms with Gasteiger partial charge in [-0.3, -0.25) is 9.78 Å². The molecule has 276 valence electrons. The molecule has 1 saturated heterocycles. The minimum absolute atomic E-state index is 0.0181. The zero-order chi connectivity index (χ0) is 36.7. The van der Waals surface area contributed by atoms with Crippen molar-refractivity contribution in [2.45, 2.75) is 83.9 Å². The number of likely N-dealkylation sites (tertiary alicyclic amines) is 1. The Labute approximate surface area is 315 Å². The van der Waals surface area contributed by atoms with Crippen LogP contribution in [0, 0.1) is 12.8 Å². The number of halogens is 3. The second-order valence-electron chi connectivity index (χ2n) is 14.2. The van der Waals surface area contributed by atoms with Crippen molar-refractivity contribution in [3.8, 4) is 11.6 Å². The minimum Gasteiger partial charge on any atom is -0.487 e. The molecule has 3 aromatic rings. The van der Waals surface area contributed by atoms with Crippen LogP contribution in [-0.2, 0) is 27.2 Å². The SMILES string of the molecule is COCCCc1cc(CN(C(=O)C2CN(C(=O)OC(C)(C)C)CCC2c2ccc(OCCOc3c(Cl)cc(C)cc3Cl)nc2)C2CC2)c(Cl)cn1. The third-order valence-electron chi connectivity index (χ3n) is 8.88. The number of pyridine rings is 2. The third-order valence-corrected chi connectivity index (χ3v) is 9.78. The highest BCUT2D eigenvalue weighted by Gasteiger charge is 2.43. The molecule has 0 spiro atoms. The lowest BCUT2D eigenvalue weighted by Gasteiger charge is -2.40. The Morgan fingerprint density at radius 3 is 2.31 bits per heavy atom. The van der Waals surface area contributed by atoms with Gasteiger partial charge in [-0.2, -0.15) is 0 Å². The maximum absolute atomic E-state index is 14.6. The molecule has 2 unspecified atom stereocenters. The van der Waals surface area contributed by atoms with E-state index in [1.807, 2.05) is 44.7 Å². The Kier molecular flexibility index (Phi) is 13.3. The number of amides is 2. The van der Waals surface area contributed by atoms with Crippen LogP contribution in [0.3, 0.4) is 0 Å². The van der Waals surface area contributed by atoms with E-state index in [-0.39, 0.29) is 37.6 Å². The molecule has 2 aromatic heterocycles. The van der Waals surface area contributed by atoms with Crippen LogP contribution < -0.4 is 9.47 Å². The van der Waals surface area contributed by atoms with Crippen LogP contribution in [0.15, 0.2) is 42.7 Å².